The van der Waals surface area contributed by atoms with Crippen molar-refractivity contribution in [2.75, 3.05) is 31.2 Å². The molecule has 8 heteroatoms. The minimum atomic E-state index is -3.79. The van der Waals surface area contributed by atoms with Crippen LogP contribution in [0, 0.1) is 0 Å². The van der Waals surface area contributed by atoms with Crippen LogP contribution in [0.1, 0.15) is 20.7 Å². The second-order valence-electron chi connectivity index (χ2n) is 7.14. The van der Waals surface area contributed by atoms with Crippen molar-refractivity contribution in [1.82, 2.24) is 4.31 Å². The van der Waals surface area contributed by atoms with Gasteiger partial charge in [0.2, 0.25) is 10.0 Å². The first-order chi connectivity index (χ1) is 14.5. The molecule has 2 heterocycles. The number of rotatable bonds is 3. The molecule has 30 heavy (non-hydrogen) atoms. The third-order valence-corrected chi connectivity index (χ3v) is 7.43. The molecule has 0 aliphatic carbocycles. The molecule has 3 aromatic carbocycles. The Morgan fingerprint density at radius 1 is 0.767 bits per heavy atom. The lowest BCUT2D eigenvalue weighted by molar-refractivity contribution is 0.0730. The summed E-state index contributed by atoms with van der Waals surface area (Å²) in [6.07, 6.45) is 0. The van der Waals surface area contributed by atoms with Gasteiger partial charge in [0, 0.05) is 35.0 Å². The van der Waals surface area contributed by atoms with Gasteiger partial charge in [-0.15, -0.1) is 0 Å². The highest BCUT2D eigenvalue weighted by Gasteiger charge is 2.36. The normalized spacial score (nSPS) is 17.5. The number of nitrogens with zero attached hydrogens (tertiary/aromatic N) is 2. The van der Waals surface area contributed by atoms with Crippen LogP contribution in [0.5, 0.6) is 0 Å². The molecule has 152 valence electrons. The van der Waals surface area contributed by atoms with Gasteiger partial charge in [0.25, 0.3) is 11.8 Å². The topological polar surface area (TPSA) is 84.0 Å². The number of anilines is 1. The van der Waals surface area contributed by atoms with Gasteiger partial charge in [-0.3, -0.25) is 9.59 Å². The number of amides is 2. The molecule has 0 radical (unpaired) electrons. The molecule has 3 aromatic rings. The Labute approximate surface area is 173 Å². The molecule has 0 spiro atoms. The first-order valence-corrected chi connectivity index (χ1v) is 11.0. The van der Waals surface area contributed by atoms with E-state index in [1.54, 1.807) is 48.5 Å². The van der Waals surface area contributed by atoms with E-state index in [-0.39, 0.29) is 18.0 Å². The maximum Gasteiger partial charge on any atom is 0.265 e. The molecule has 2 aliphatic heterocycles. The molecule has 0 unspecified atom stereocenters. The minimum absolute atomic E-state index is 0.0961. The predicted molar refractivity (Wildman–Crippen MR) is 111 cm³/mol. The van der Waals surface area contributed by atoms with E-state index in [4.69, 9.17) is 4.74 Å². The number of carbonyl (C=O) groups is 2. The molecule has 2 amide bonds. The smallest absolute Gasteiger partial charge is 0.265 e. The first-order valence-electron chi connectivity index (χ1n) is 9.57. The van der Waals surface area contributed by atoms with Gasteiger partial charge in [-0.25, -0.2) is 13.3 Å². The van der Waals surface area contributed by atoms with Gasteiger partial charge in [-0.1, -0.05) is 30.3 Å². The fourth-order valence-corrected chi connectivity index (χ4v) is 5.63. The first kappa shape index (κ1) is 18.9. The minimum Gasteiger partial charge on any atom is -0.379 e. The molecule has 7 nitrogen and oxygen atoms in total. The fraction of sp³-hybridized carbons (Fsp3) is 0.182. The van der Waals surface area contributed by atoms with E-state index >= 15 is 0 Å². The summed E-state index contributed by atoms with van der Waals surface area (Å²) in [6.45, 7) is 1.21. The van der Waals surface area contributed by atoms with Crippen LogP contribution in [0.2, 0.25) is 0 Å². The number of para-hydroxylation sites is 1. The Balaban J connectivity index is 1.70. The van der Waals surface area contributed by atoms with E-state index < -0.39 is 21.8 Å². The Kier molecular flexibility index (Phi) is 4.43. The molecular weight excluding hydrogens is 404 g/mol. The van der Waals surface area contributed by atoms with Gasteiger partial charge >= 0.3 is 0 Å². The maximum absolute atomic E-state index is 13.3. The van der Waals surface area contributed by atoms with Crippen LogP contribution >= 0.6 is 0 Å². The highest BCUT2D eigenvalue weighted by molar-refractivity contribution is 7.89. The second kappa shape index (κ2) is 7.02. The van der Waals surface area contributed by atoms with Crippen LogP contribution in [0.3, 0.4) is 0 Å². The van der Waals surface area contributed by atoms with E-state index in [1.807, 2.05) is 0 Å². The lowest BCUT2D eigenvalue weighted by Gasteiger charge is -2.29. The van der Waals surface area contributed by atoms with Crippen molar-refractivity contribution in [3.63, 3.8) is 0 Å². The summed E-state index contributed by atoms with van der Waals surface area (Å²) in [5.74, 6) is -0.935. The van der Waals surface area contributed by atoms with Crippen LogP contribution in [0.15, 0.2) is 65.6 Å². The van der Waals surface area contributed by atoms with Crippen LogP contribution in [0.4, 0.5) is 5.69 Å². The molecule has 0 atom stereocenters. The molecule has 0 saturated carbocycles. The molecule has 1 saturated heterocycles. The van der Waals surface area contributed by atoms with Crippen LogP contribution < -0.4 is 4.90 Å². The fourth-order valence-electron chi connectivity index (χ4n) is 4.03. The lowest BCUT2D eigenvalue weighted by atomic mass is 9.93. The summed E-state index contributed by atoms with van der Waals surface area (Å²) in [6, 6.07) is 16.6. The number of morpholine rings is 1. The van der Waals surface area contributed by atoms with Gasteiger partial charge in [0.1, 0.15) is 0 Å². The Hall–Kier alpha value is -3.07. The number of hydrogen-bond acceptors (Lipinski definition) is 5. The number of benzene rings is 3. The van der Waals surface area contributed by atoms with E-state index in [9.17, 15) is 18.0 Å². The van der Waals surface area contributed by atoms with Gasteiger partial charge < -0.3 is 4.74 Å². The van der Waals surface area contributed by atoms with Gasteiger partial charge in [0.15, 0.2) is 0 Å². The zero-order valence-corrected chi connectivity index (χ0v) is 16.8. The summed E-state index contributed by atoms with van der Waals surface area (Å²) >= 11 is 0. The van der Waals surface area contributed by atoms with E-state index in [2.05, 4.69) is 0 Å². The highest BCUT2D eigenvalue weighted by atomic mass is 32.2. The quantitative estimate of drug-likeness (QED) is 0.606. The molecule has 5 rings (SSSR count). The molecule has 0 aromatic heterocycles. The van der Waals surface area contributed by atoms with Crippen LogP contribution in [-0.4, -0.2) is 50.8 Å². The van der Waals surface area contributed by atoms with Crippen molar-refractivity contribution in [3.05, 3.63) is 71.8 Å². The monoisotopic (exact) mass is 422 g/mol. The molecular formula is C22H18N2O5S. The number of imide groups is 1. The SMILES string of the molecule is O=C1c2cccc3c(S(=O)(=O)N4CCOCC4)ccc(c23)C(=O)N1c1ccccc1. The number of ether oxygens (including phenoxy) is 1. The summed E-state index contributed by atoms with van der Waals surface area (Å²) in [4.78, 5) is 27.6. The Morgan fingerprint density at radius 3 is 2.13 bits per heavy atom. The Bertz CT molecular complexity index is 1260. The third-order valence-electron chi connectivity index (χ3n) is 5.47. The van der Waals surface area contributed by atoms with Gasteiger partial charge in [0.05, 0.1) is 23.8 Å². The predicted octanol–water partition coefficient (Wildman–Crippen LogP) is 2.66. The third kappa shape index (κ3) is 2.76. The van der Waals surface area contributed by atoms with Crippen LogP contribution in [-0.2, 0) is 14.8 Å². The largest absolute Gasteiger partial charge is 0.379 e. The molecule has 1 fully saturated rings. The van der Waals surface area contributed by atoms with Gasteiger partial charge in [-0.2, -0.15) is 4.31 Å². The van der Waals surface area contributed by atoms with Crippen molar-refractivity contribution in [2.45, 2.75) is 4.90 Å². The van der Waals surface area contributed by atoms with Crippen molar-refractivity contribution < 1.29 is 22.7 Å². The summed E-state index contributed by atoms with van der Waals surface area (Å²) < 4.78 is 33.2. The van der Waals surface area contributed by atoms with Crippen molar-refractivity contribution in [1.29, 1.82) is 0 Å². The van der Waals surface area contributed by atoms with E-state index in [1.165, 1.54) is 16.4 Å². The standard InChI is InChI=1S/C22H18N2O5S/c25-21-17-8-4-7-16-19(30(27,28)23-11-13-29-14-12-23)10-9-18(20(16)17)22(26)24(21)15-5-2-1-3-6-15/h1-10H,11-14H2. The zero-order valence-electron chi connectivity index (χ0n) is 15.9. The molecule has 2 aliphatic rings. The summed E-state index contributed by atoms with van der Waals surface area (Å²) in [5, 5.41) is 0.764. The number of hydrogen-bond donors (Lipinski definition) is 0. The highest BCUT2D eigenvalue weighted by Crippen LogP contribution is 2.36. The molecule has 0 N–H and O–H groups in total. The van der Waals surface area contributed by atoms with E-state index in [0.717, 1.165) is 4.90 Å². The van der Waals surface area contributed by atoms with E-state index in [0.29, 0.717) is 40.8 Å². The second-order valence-corrected chi connectivity index (χ2v) is 9.04. The van der Waals surface area contributed by atoms with Crippen molar-refractivity contribution >= 4 is 38.3 Å². The maximum atomic E-state index is 13.3. The average molecular weight is 422 g/mol. The number of carbonyl (C=O) groups excluding carboxylic acids is 2. The van der Waals surface area contributed by atoms with Crippen molar-refractivity contribution in [2.24, 2.45) is 0 Å². The zero-order chi connectivity index (χ0) is 20.9. The van der Waals surface area contributed by atoms with Crippen LogP contribution in [0.25, 0.3) is 10.8 Å². The lowest BCUT2D eigenvalue weighted by Crippen LogP contribution is -2.41. The molecule has 0 bridgehead atoms. The summed E-state index contributed by atoms with van der Waals surface area (Å²) in [7, 11) is -3.79. The number of sulfonamides is 1. The Morgan fingerprint density at radius 2 is 1.43 bits per heavy atom. The average Bonchev–Trinajstić information content (AvgIpc) is 2.78. The van der Waals surface area contributed by atoms with Crippen molar-refractivity contribution in [3.8, 4) is 0 Å². The van der Waals surface area contributed by atoms with Gasteiger partial charge in [-0.05, 0) is 30.3 Å². The summed E-state index contributed by atoms with van der Waals surface area (Å²) in [5.41, 5.74) is 1.09.